The molecule has 1 N–H and O–H groups in total. The quantitative estimate of drug-likeness (QED) is 0.362. The van der Waals surface area contributed by atoms with Crippen molar-refractivity contribution < 1.29 is 19.0 Å². The number of nitrogens with one attached hydrogen (secondary N) is 1. The standard InChI is InChI=1S/C29H34ClN3O4/c1-4-35-29(34)22-6-5-11-33(16-22)15-19-12-20-7-9-23(14-26(20)36-17-19)37-27(18(2)3)21-8-10-25-24(13-21)28(30)32-31-25/h7-10,12-14,18,22,27H,4-6,11,15-17H2,1-3H3,(H,31,32). The van der Waals surface area contributed by atoms with Crippen LogP contribution in [0.15, 0.2) is 42.0 Å². The molecule has 0 saturated carbocycles. The van der Waals surface area contributed by atoms with E-state index in [4.69, 9.17) is 25.8 Å². The predicted octanol–water partition coefficient (Wildman–Crippen LogP) is 6.04. The van der Waals surface area contributed by atoms with Crippen LogP contribution in [0, 0.1) is 11.8 Å². The van der Waals surface area contributed by atoms with Gasteiger partial charge in [0.1, 0.15) is 29.4 Å². The minimum absolute atomic E-state index is 0.0371. The molecule has 0 spiro atoms. The Morgan fingerprint density at radius 3 is 2.95 bits per heavy atom. The van der Waals surface area contributed by atoms with Crippen molar-refractivity contribution in [3.8, 4) is 11.5 Å². The monoisotopic (exact) mass is 523 g/mol. The molecule has 1 fully saturated rings. The van der Waals surface area contributed by atoms with Gasteiger partial charge in [0.2, 0.25) is 0 Å². The summed E-state index contributed by atoms with van der Waals surface area (Å²) in [6.07, 6.45) is 3.96. The molecule has 1 saturated heterocycles. The lowest BCUT2D eigenvalue weighted by atomic mass is 9.97. The van der Waals surface area contributed by atoms with E-state index in [1.165, 1.54) is 5.57 Å². The third-order valence-electron chi connectivity index (χ3n) is 7.04. The van der Waals surface area contributed by atoms with Crippen LogP contribution in [0.25, 0.3) is 17.0 Å². The molecule has 3 aromatic rings. The van der Waals surface area contributed by atoms with Gasteiger partial charge in [0.05, 0.1) is 18.0 Å². The highest BCUT2D eigenvalue weighted by molar-refractivity contribution is 6.34. The van der Waals surface area contributed by atoms with Gasteiger partial charge in [-0.25, -0.2) is 0 Å². The summed E-state index contributed by atoms with van der Waals surface area (Å²) >= 11 is 6.27. The maximum Gasteiger partial charge on any atom is 0.310 e. The van der Waals surface area contributed by atoms with E-state index in [0.717, 1.165) is 66.0 Å². The molecule has 3 heterocycles. The summed E-state index contributed by atoms with van der Waals surface area (Å²) < 4.78 is 17.9. The van der Waals surface area contributed by atoms with E-state index in [1.807, 2.05) is 37.3 Å². The minimum atomic E-state index is -0.144. The van der Waals surface area contributed by atoms with Gasteiger partial charge in [-0.05, 0) is 73.7 Å². The summed E-state index contributed by atoms with van der Waals surface area (Å²) in [5.41, 5.74) is 4.13. The first-order valence-corrected chi connectivity index (χ1v) is 13.4. The lowest BCUT2D eigenvalue weighted by Crippen LogP contribution is -2.40. The normalized spacial score (nSPS) is 18.7. The summed E-state index contributed by atoms with van der Waals surface area (Å²) in [6.45, 7) is 9.62. The van der Waals surface area contributed by atoms with Crippen molar-refractivity contribution in [1.29, 1.82) is 0 Å². The number of ether oxygens (including phenoxy) is 3. The molecule has 2 aliphatic rings. The Morgan fingerprint density at radius 1 is 1.27 bits per heavy atom. The van der Waals surface area contributed by atoms with Crippen LogP contribution in [0.4, 0.5) is 0 Å². The van der Waals surface area contributed by atoms with Crippen LogP contribution < -0.4 is 9.47 Å². The molecule has 5 rings (SSSR count). The van der Waals surface area contributed by atoms with Gasteiger partial charge in [-0.15, -0.1) is 0 Å². The van der Waals surface area contributed by atoms with Crippen LogP contribution in [0.2, 0.25) is 5.15 Å². The number of carbonyl (C=O) groups is 1. The maximum atomic E-state index is 12.2. The molecular formula is C29H34ClN3O4. The van der Waals surface area contributed by atoms with Crippen molar-refractivity contribution in [3.63, 3.8) is 0 Å². The molecule has 0 amide bonds. The number of piperidine rings is 1. The van der Waals surface area contributed by atoms with Crippen LogP contribution in [0.3, 0.4) is 0 Å². The molecule has 1 aromatic heterocycles. The molecule has 8 heteroatoms. The second-order valence-corrected chi connectivity index (χ2v) is 10.6. The Morgan fingerprint density at radius 2 is 2.14 bits per heavy atom. The van der Waals surface area contributed by atoms with Gasteiger partial charge in [-0.1, -0.05) is 31.5 Å². The van der Waals surface area contributed by atoms with E-state index in [-0.39, 0.29) is 23.9 Å². The summed E-state index contributed by atoms with van der Waals surface area (Å²) in [5, 5.41) is 8.46. The number of H-pyrrole nitrogens is 1. The molecule has 2 aliphatic heterocycles. The maximum absolute atomic E-state index is 12.2. The Bertz CT molecular complexity index is 1300. The number of halogens is 1. The summed E-state index contributed by atoms with van der Waals surface area (Å²) in [6, 6.07) is 12.1. The van der Waals surface area contributed by atoms with Gasteiger partial charge in [-0.2, -0.15) is 5.10 Å². The number of rotatable bonds is 8. The number of likely N-dealkylation sites (tertiary alicyclic amines) is 1. The van der Waals surface area contributed by atoms with Crippen LogP contribution in [-0.4, -0.2) is 53.9 Å². The van der Waals surface area contributed by atoms with Gasteiger partial charge in [0.25, 0.3) is 0 Å². The molecule has 0 aliphatic carbocycles. The van der Waals surface area contributed by atoms with E-state index in [2.05, 4.69) is 41.1 Å². The fourth-order valence-corrected chi connectivity index (χ4v) is 5.40. The number of carbonyl (C=O) groups excluding carboxylic acids is 1. The number of hydrogen-bond acceptors (Lipinski definition) is 6. The van der Waals surface area contributed by atoms with E-state index < -0.39 is 0 Å². The highest BCUT2D eigenvalue weighted by Crippen LogP contribution is 2.36. The number of benzene rings is 2. The van der Waals surface area contributed by atoms with Gasteiger partial charge in [0.15, 0.2) is 0 Å². The molecule has 196 valence electrons. The zero-order valence-corrected chi connectivity index (χ0v) is 22.4. The van der Waals surface area contributed by atoms with E-state index in [0.29, 0.717) is 18.4 Å². The first-order valence-electron chi connectivity index (χ1n) is 13.1. The third-order valence-corrected chi connectivity index (χ3v) is 7.33. The fraction of sp³-hybridized carbons (Fsp3) is 0.448. The van der Waals surface area contributed by atoms with Crippen molar-refractivity contribution in [2.24, 2.45) is 11.8 Å². The van der Waals surface area contributed by atoms with Crippen LogP contribution in [-0.2, 0) is 9.53 Å². The molecule has 37 heavy (non-hydrogen) atoms. The zero-order valence-electron chi connectivity index (χ0n) is 21.6. The highest BCUT2D eigenvalue weighted by Gasteiger charge is 2.28. The number of hydrogen-bond donors (Lipinski definition) is 1. The van der Waals surface area contributed by atoms with Crippen LogP contribution in [0.5, 0.6) is 11.5 Å². The third kappa shape index (κ3) is 5.78. The molecular weight excluding hydrogens is 490 g/mol. The molecule has 2 unspecified atom stereocenters. The van der Waals surface area contributed by atoms with E-state index in [9.17, 15) is 4.79 Å². The Kier molecular flexibility index (Phi) is 7.72. The molecule has 0 bridgehead atoms. The lowest BCUT2D eigenvalue weighted by molar-refractivity contribution is -0.149. The van der Waals surface area contributed by atoms with Gasteiger partial charge < -0.3 is 14.2 Å². The number of aromatic amines is 1. The predicted molar refractivity (Wildman–Crippen MR) is 145 cm³/mol. The number of aromatic nitrogens is 2. The fourth-order valence-electron chi connectivity index (χ4n) is 5.20. The van der Waals surface area contributed by atoms with Crippen molar-refractivity contribution in [2.45, 2.75) is 39.7 Å². The smallest absolute Gasteiger partial charge is 0.310 e. The largest absolute Gasteiger partial charge is 0.488 e. The first-order chi connectivity index (χ1) is 17.9. The van der Waals surface area contributed by atoms with Crippen molar-refractivity contribution in [3.05, 3.63) is 58.3 Å². The highest BCUT2D eigenvalue weighted by atomic mass is 35.5. The first kappa shape index (κ1) is 25.6. The molecule has 0 radical (unpaired) electrons. The van der Waals surface area contributed by atoms with Crippen molar-refractivity contribution in [1.82, 2.24) is 15.1 Å². The second-order valence-electron chi connectivity index (χ2n) is 10.2. The number of esters is 1. The average molecular weight is 524 g/mol. The lowest BCUT2D eigenvalue weighted by Gasteiger charge is -2.32. The van der Waals surface area contributed by atoms with Gasteiger partial charge in [-0.3, -0.25) is 14.8 Å². The molecule has 2 atom stereocenters. The van der Waals surface area contributed by atoms with Crippen LogP contribution >= 0.6 is 11.6 Å². The zero-order chi connectivity index (χ0) is 25.9. The molecule has 2 aromatic carbocycles. The average Bonchev–Trinajstić information content (AvgIpc) is 3.27. The van der Waals surface area contributed by atoms with Gasteiger partial charge in [0, 0.05) is 30.1 Å². The second kappa shape index (κ2) is 11.2. The van der Waals surface area contributed by atoms with Crippen LogP contribution in [0.1, 0.15) is 50.8 Å². The number of nitrogens with zero attached hydrogens (tertiary/aromatic N) is 2. The van der Waals surface area contributed by atoms with Crippen molar-refractivity contribution in [2.75, 3.05) is 32.8 Å². The Hall–Kier alpha value is -3.03. The van der Waals surface area contributed by atoms with E-state index in [1.54, 1.807) is 0 Å². The molecule has 7 nitrogen and oxygen atoms in total. The number of fused-ring (bicyclic) bond motifs is 2. The van der Waals surface area contributed by atoms with Gasteiger partial charge >= 0.3 is 5.97 Å². The summed E-state index contributed by atoms with van der Waals surface area (Å²) in [4.78, 5) is 14.5. The topological polar surface area (TPSA) is 76.7 Å². The van der Waals surface area contributed by atoms with E-state index >= 15 is 0 Å². The Labute approximate surface area is 222 Å². The summed E-state index contributed by atoms with van der Waals surface area (Å²) in [7, 11) is 0. The Balaban J connectivity index is 1.27. The SMILES string of the molecule is CCOC(=O)C1CCCN(CC2=Cc3ccc(OC(c4ccc5n[nH]c(Cl)c5c4)C(C)C)cc3OC2)C1. The van der Waals surface area contributed by atoms with Crippen molar-refractivity contribution >= 4 is 34.5 Å². The summed E-state index contributed by atoms with van der Waals surface area (Å²) in [5.74, 6) is 1.71. The minimum Gasteiger partial charge on any atom is -0.488 e.